The van der Waals surface area contributed by atoms with Gasteiger partial charge < -0.3 is 9.72 Å². The highest BCUT2D eigenvalue weighted by Gasteiger charge is 2.09. The highest BCUT2D eigenvalue weighted by atomic mass is 16.5. The molecule has 0 radical (unpaired) electrons. The van der Waals surface area contributed by atoms with Crippen LogP contribution in [0, 0.1) is 18.3 Å². The number of nitriles is 1. The maximum absolute atomic E-state index is 9.48. The van der Waals surface area contributed by atoms with E-state index in [0.717, 1.165) is 27.9 Å². The van der Waals surface area contributed by atoms with E-state index in [2.05, 4.69) is 16.0 Å². The first-order valence-corrected chi connectivity index (χ1v) is 6.93. The predicted molar refractivity (Wildman–Crippen MR) is 87.3 cm³/mol. The summed E-state index contributed by atoms with van der Waals surface area (Å²) in [7, 11) is 1.62. The lowest BCUT2D eigenvalue weighted by Gasteiger charge is -2.06. The van der Waals surface area contributed by atoms with Crippen LogP contribution in [0.3, 0.4) is 0 Å². The van der Waals surface area contributed by atoms with Crippen molar-refractivity contribution >= 4 is 22.7 Å². The molecule has 108 valence electrons. The average Bonchev–Trinajstić information content (AvgIpc) is 2.96. The van der Waals surface area contributed by atoms with Crippen LogP contribution in [0.25, 0.3) is 22.7 Å². The molecule has 22 heavy (non-hydrogen) atoms. The summed E-state index contributed by atoms with van der Waals surface area (Å²) >= 11 is 0. The number of aromatic nitrogens is 2. The number of ether oxygens (including phenoxy) is 1. The number of allylic oxidation sites excluding steroid dienone is 1. The second-order valence-electron chi connectivity index (χ2n) is 5.02. The van der Waals surface area contributed by atoms with Gasteiger partial charge in [-0.15, -0.1) is 0 Å². The molecular formula is C18H15N3O. The molecular weight excluding hydrogens is 274 g/mol. The van der Waals surface area contributed by atoms with Crippen LogP contribution in [-0.2, 0) is 0 Å². The zero-order valence-electron chi connectivity index (χ0n) is 12.4. The molecule has 0 aliphatic heterocycles. The maximum atomic E-state index is 9.48. The summed E-state index contributed by atoms with van der Waals surface area (Å²) in [5.41, 5.74) is 4.19. The summed E-state index contributed by atoms with van der Waals surface area (Å²) in [5, 5.41) is 9.48. The zero-order valence-corrected chi connectivity index (χ0v) is 12.4. The van der Waals surface area contributed by atoms with Gasteiger partial charge >= 0.3 is 0 Å². The summed E-state index contributed by atoms with van der Waals surface area (Å²) in [5.74, 6) is 1.29. The van der Waals surface area contributed by atoms with Gasteiger partial charge in [0.05, 0.1) is 23.7 Å². The van der Waals surface area contributed by atoms with Crippen LogP contribution in [-0.4, -0.2) is 17.1 Å². The molecule has 0 spiro atoms. The SMILES string of the molecule is COc1ccc(C)cc1/C=C(\C#N)c1nc2ccccc2[nH]1. The Morgan fingerprint density at radius 3 is 2.82 bits per heavy atom. The van der Waals surface area contributed by atoms with E-state index in [1.807, 2.05) is 49.4 Å². The molecule has 0 atom stereocenters. The molecule has 2 aromatic carbocycles. The minimum absolute atomic E-state index is 0.472. The molecule has 1 N–H and O–H groups in total. The van der Waals surface area contributed by atoms with Gasteiger partial charge in [0.25, 0.3) is 0 Å². The molecule has 0 saturated carbocycles. The van der Waals surface area contributed by atoms with Crippen molar-refractivity contribution in [1.29, 1.82) is 5.26 Å². The largest absolute Gasteiger partial charge is 0.496 e. The van der Waals surface area contributed by atoms with Gasteiger partial charge in [0.2, 0.25) is 0 Å². The third-order valence-electron chi connectivity index (χ3n) is 3.45. The molecule has 0 unspecified atom stereocenters. The molecule has 0 bridgehead atoms. The van der Waals surface area contributed by atoms with Crippen molar-refractivity contribution in [3.63, 3.8) is 0 Å². The number of hydrogen-bond donors (Lipinski definition) is 1. The number of fused-ring (bicyclic) bond motifs is 1. The maximum Gasteiger partial charge on any atom is 0.149 e. The van der Waals surface area contributed by atoms with Crippen LogP contribution >= 0.6 is 0 Å². The second-order valence-corrected chi connectivity index (χ2v) is 5.02. The second kappa shape index (κ2) is 5.74. The van der Waals surface area contributed by atoms with Gasteiger partial charge in [0.1, 0.15) is 17.6 Å². The molecule has 1 aromatic heterocycles. The third kappa shape index (κ3) is 2.57. The Kier molecular flexibility index (Phi) is 3.63. The van der Waals surface area contributed by atoms with Crippen molar-refractivity contribution in [2.45, 2.75) is 6.92 Å². The molecule has 3 rings (SSSR count). The summed E-state index contributed by atoms with van der Waals surface area (Å²) in [6.45, 7) is 2.00. The fraction of sp³-hybridized carbons (Fsp3) is 0.111. The molecule has 0 aliphatic carbocycles. The molecule has 0 aliphatic rings. The first-order chi connectivity index (χ1) is 10.7. The van der Waals surface area contributed by atoms with Crippen LogP contribution in [0.5, 0.6) is 5.75 Å². The van der Waals surface area contributed by atoms with Crippen LogP contribution in [0.15, 0.2) is 42.5 Å². The Hall–Kier alpha value is -3.06. The number of hydrogen-bond acceptors (Lipinski definition) is 3. The standard InChI is InChI=1S/C18H15N3O/c1-12-7-8-17(22-2)13(9-12)10-14(11-19)18-20-15-5-3-4-6-16(15)21-18/h3-10H,1-2H3,(H,20,21)/b14-10+. The quantitative estimate of drug-likeness (QED) is 0.743. The Morgan fingerprint density at radius 1 is 1.27 bits per heavy atom. The van der Waals surface area contributed by atoms with E-state index < -0.39 is 0 Å². The van der Waals surface area contributed by atoms with E-state index in [1.165, 1.54) is 0 Å². The van der Waals surface area contributed by atoms with Crippen molar-refractivity contribution in [1.82, 2.24) is 9.97 Å². The predicted octanol–water partition coefficient (Wildman–Crippen LogP) is 3.94. The summed E-state index contributed by atoms with van der Waals surface area (Å²) in [4.78, 5) is 7.65. The van der Waals surface area contributed by atoms with Gasteiger partial charge in [-0.05, 0) is 37.3 Å². The lowest BCUT2D eigenvalue weighted by Crippen LogP contribution is -1.90. The van der Waals surface area contributed by atoms with Gasteiger partial charge in [-0.25, -0.2) is 4.98 Å². The molecule has 3 aromatic rings. The summed E-state index contributed by atoms with van der Waals surface area (Å²) < 4.78 is 5.36. The molecule has 1 heterocycles. The number of nitrogens with one attached hydrogen (secondary N) is 1. The normalized spacial score (nSPS) is 11.4. The lowest BCUT2D eigenvalue weighted by atomic mass is 10.1. The zero-order chi connectivity index (χ0) is 15.5. The molecule has 4 nitrogen and oxygen atoms in total. The number of benzene rings is 2. The number of para-hydroxylation sites is 2. The molecule has 0 fully saturated rings. The van der Waals surface area contributed by atoms with Crippen molar-refractivity contribution in [3.8, 4) is 11.8 Å². The molecule has 4 heteroatoms. The topological polar surface area (TPSA) is 61.7 Å². The van der Waals surface area contributed by atoms with Gasteiger partial charge in [-0.3, -0.25) is 0 Å². The van der Waals surface area contributed by atoms with Gasteiger partial charge in [0.15, 0.2) is 0 Å². The Labute approximate surface area is 128 Å². The highest BCUT2D eigenvalue weighted by Crippen LogP contribution is 2.25. The molecule has 0 amide bonds. The first kappa shape index (κ1) is 13.9. The van der Waals surface area contributed by atoms with Crippen molar-refractivity contribution < 1.29 is 4.74 Å². The minimum Gasteiger partial charge on any atom is -0.496 e. The van der Waals surface area contributed by atoms with Gasteiger partial charge in [-0.2, -0.15) is 5.26 Å². The van der Waals surface area contributed by atoms with E-state index in [-0.39, 0.29) is 0 Å². The van der Waals surface area contributed by atoms with Crippen LogP contribution in [0.2, 0.25) is 0 Å². The fourth-order valence-electron chi connectivity index (χ4n) is 2.36. The van der Waals surface area contributed by atoms with E-state index in [1.54, 1.807) is 13.2 Å². The number of H-pyrrole nitrogens is 1. The van der Waals surface area contributed by atoms with Crippen LogP contribution in [0.1, 0.15) is 17.0 Å². The monoisotopic (exact) mass is 289 g/mol. The van der Waals surface area contributed by atoms with Crippen LogP contribution < -0.4 is 4.74 Å². The summed E-state index contributed by atoms with van der Waals surface area (Å²) in [6, 6.07) is 15.8. The Balaban J connectivity index is 2.11. The van der Waals surface area contributed by atoms with Crippen molar-refractivity contribution in [3.05, 3.63) is 59.4 Å². The number of rotatable bonds is 3. The van der Waals surface area contributed by atoms with E-state index in [0.29, 0.717) is 11.4 Å². The smallest absolute Gasteiger partial charge is 0.149 e. The third-order valence-corrected chi connectivity index (χ3v) is 3.45. The molecule has 0 saturated heterocycles. The van der Waals surface area contributed by atoms with Gasteiger partial charge in [0, 0.05) is 5.56 Å². The van der Waals surface area contributed by atoms with Crippen molar-refractivity contribution in [2.24, 2.45) is 0 Å². The number of nitrogens with zero attached hydrogens (tertiary/aromatic N) is 2. The average molecular weight is 289 g/mol. The Morgan fingerprint density at radius 2 is 2.09 bits per heavy atom. The fourth-order valence-corrected chi connectivity index (χ4v) is 2.36. The van der Waals surface area contributed by atoms with Crippen LogP contribution in [0.4, 0.5) is 0 Å². The minimum atomic E-state index is 0.472. The lowest BCUT2D eigenvalue weighted by molar-refractivity contribution is 0.414. The number of aryl methyl sites for hydroxylation is 1. The highest BCUT2D eigenvalue weighted by molar-refractivity contribution is 5.91. The first-order valence-electron chi connectivity index (χ1n) is 6.93. The number of methoxy groups -OCH3 is 1. The number of aromatic amines is 1. The summed E-state index contributed by atoms with van der Waals surface area (Å²) in [6.07, 6.45) is 1.80. The van der Waals surface area contributed by atoms with E-state index in [4.69, 9.17) is 4.74 Å². The van der Waals surface area contributed by atoms with Crippen molar-refractivity contribution in [2.75, 3.05) is 7.11 Å². The Bertz CT molecular complexity index is 867. The van der Waals surface area contributed by atoms with Gasteiger partial charge in [-0.1, -0.05) is 23.8 Å². The van der Waals surface area contributed by atoms with E-state index >= 15 is 0 Å². The van der Waals surface area contributed by atoms with E-state index in [9.17, 15) is 5.26 Å². The number of imidazole rings is 1.